The maximum Gasteiger partial charge on any atom is 0.194 e. The van der Waals surface area contributed by atoms with E-state index < -0.39 is 0 Å². The molecule has 0 heterocycles. The summed E-state index contributed by atoms with van der Waals surface area (Å²) < 4.78 is 0. The molecule has 2 rings (SSSR count). The monoisotopic (exact) mass is 244 g/mol. The van der Waals surface area contributed by atoms with Gasteiger partial charge in [0, 0.05) is 16.7 Å². The fraction of sp³-hybridized carbons (Fsp3) is 0. The third-order valence-corrected chi connectivity index (χ3v) is 2.76. The van der Waals surface area contributed by atoms with Gasteiger partial charge in [-0.25, -0.2) is 0 Å². The number of hydrogen-bond acceptors (Lipinski definition) is 2. The molecule has 0 saturated heterocycles. The second kappa shape index (κ2) is 4.93. The molecule has 2 aromatic rings. The van der Waals surface area contributed by atoms with Gasteiger partial charge in [0.15, 0.2) is 5.78 Å². The molecule has 0 aliphatic carbocycles. The summed E-state index contributed by atoms with van der Waals surface area (Å²) in [6.07, 6.45) is 0.740. The van der Waals surface area contributed by atoms with E-state index in [-0.39, 0.29) is 5.78 Å². The highest BCUT2D eigenvalue weighted by molar-refractivity contribution is 6.34. The predicted molar refractivity (Wildman–Crippen MR) is 66.7 cm³/mol. The molecule has 0 aromatic heterocycles. The van der Waals surface area contributed by atoms with Gasteiger partial charge in [-0.05, 0) is 12.1 Å². The van der Waals surface area contributed by atoms with Crippen molar-refractivity contribution in [3.05, 3.63) is 70.2 Å². The SMILES string of the molecule is O=Cc1ccc(C(=O)c2ccccc2Cl)cc1. The molecule has 0 amide bonds. The summed E-state index contributed by atoms with van der Waals surface area (Å²) in [5.41, 5.74) is 1.53. The minimum absolute atomic E-state index is 0.145. The van der Waals surface area contributed by atoms with Crippen LogP contribution in [0.15, 0.2) is 48.5 Å². The van der Waals surface area contributed by atoms with Crippen LogP contribution in [-0.4, -0.2) is 12.1 Å². The molecule has 2 nitrogen and oxygen atoms in total. The standard InChI is InChI=1S/C14H9ClO2/c15-13-4-2-1-3-12(13)14(17)11-7-5-10(9-16)6-8-11/h1-9H. The summed E-state index contributed by atoms with van der Waals surface area (Å²) in [4.78, 5) is 22.6. The van der Waals surface area contributed by atoms with Gasteiger partial charge >= 0.3 is 0 Å². The zero-order chi connectivity index (χ0) is 12.3. The maximum atomic E-state index is 12.1. The van der Waals surface area contributed by atoms with Crippen molar-refractivity contribution in [2.75, 3.05) is 0 Å². The molecule has 0 radical (unpaired) electrons. The van der Waals surface area contributed by atoms with E-state index in [0.29, 0.717) is 21.7 Å². The second-order valence-corrected chi connectivity index (χ2v) is 3.96. The Kier molecular flexibility index (Phi) is 3.35. The smallest absolute Gasteiger partial charge is 0.194 e. The molecule has 0 aliphatic heterocycles. The van der Waals surface area contributed by atoms with Gasteiger partial charge in [-0.1, -0.05) is 48.0 Å². The topological polar surface area (TPSA) is 34.1 Å². The highest BCUT2D eigenvalue weighted by Crippen LogP contribution is 2.19. The van der Waals surface area contributed by atoms with Crippen LogP contribution in [0.4, 0.5) is 0 Å². The average Bonchev–Trinajstić information content (AvgIpc) is 2.39. The van der Waals surface area contributed by atoms with E-state index in [1.807, 2.05) is 0 Å². The molecule has 0 saturated carbocycles. The summed E-state index contributed by atoms with van der Waals surface area (Å²) in [7, 11) is 0. The zero-order valence-corrected chi connectivity index (χ0v) is 9.65. The third-order valence-electron chi connectivity index (χ3n) is 2.43. The highest BCUT2D eigenvalue weighted by atomic mass is 35.5. The lowest BCUT2D eigenvalue weighted by Gasteiger charge is -2.03. The quantitative estimate of drug-likeness (QED) is 0.613. The molecule has 3 heteroatoms. The van der Waals surface area contributed by atoms with Gasteiger partial charge in [0.05, 0.1) is 5.02 Å². The number of carbonyl (C=O) groups is 2. The number of aldehydes is 1. The minimum Gasteiger partial charge on any atom is -0.298 e. The van der Waals surface area contributed by atoms with Crippen molar-refractivity contribution in [3.8, 4) is 0 Å². The Morgan fingerprint density at radius 3 is 2.24 bits per heavy atom. The highest BCUT2D eigenvalue weighted by Gasteiger charge is 2.11. The van der Waals surface area contributed by atoms with Crippen LogP contribution in [0.3, 0.4) is 0 Å². The normalized spacial score (nSPS) is 9.94. The Morgan fingerprint density at radius 1 is 1.00 bits per heavy atom. The second-order valence-electron chi connectivity index (χ2n) is 3.55. The fourth-order valence-electron chi connectivity index (χ4n) is 1.51. The van der Waals surface area contributed by atoms with Crippen LogP contribution in [0, 0.1) is 0 Å². The van der Waals surface area contributed by atoms with Gasteiger partial charge in [0.1, 0.15) is 6.29 Å². The average molecular weight is 245 g/mol. The molecule has 0 atom stereocenters. The summed E-state index contributed by atoms with van der Waals surface area (Å²) in [5, 5.41) is 0.428. The van der Waals surface area contributed by atoms with Crippen LogP contribution in [-0.2, 0) is 0 Å². The number of ketones is 1. The van der Waals surface area contributed by atoms with Crippen LogP contribution in [0.25, 0.3) is 0 Å². The third kappa shape index (κ3) is 2.43. The minimum atomic E-state index is -0.145. The van der Waals surface area contributed by atoms with Crippen molar-refractivity contribution in [1.82, 2.24) is 0 Å². The van der Waals surface area contributed by atoms with E-state index in [9.17, 15) is 9.59 Å². The molecule has 0 fully saturated rings. The molecule has 84 valence electrons. The summed E-state index contributed by atoms with van der Waals surface area (Å²) in [6.45, 7) is 0. The van der Waals surface area contributed by atoms with Gasteiger partial charge in [0.25, 0.3) is 0 Å². The molecule has 0 bridgehead atoms. The molecular weight excluding hydrogens is 236 g/mol. The lowest BCUT2D eigenvalue weighted by Crippen LogP contribution is -2.01. The van der Waals surface area contributed by atoms with Crippen molar-refractivity contribution >= 4 is 23.7 Å². The predicted octanol–water partition coefficient (Wildman–Crippen LogP) is 3.38. The summed E-state index contributed by atoms with van der Waals surface area (Å²) >= 11 is 5.95. The number of rotatable bonds is 3. The Hall–Kier alpha value is -1.93. The Balaban J connectivity index is 2.37. The Bertz CT molecular complexity index is 559. The molecule has 0 spiro atoms. The molecule has 0 aliphatic rings. The van der Waals surface area contributed by atoms with Crippen molar-refractivity contribution in [2.45, 2.75) is 0 Å². The summed E-state index contributed by atoms with van der Waals surface area (Å²) in [6, 6.07) is 13.3. The Morgan fingerprint density at radius 2 is 1.65 bits per heavy atom. The van der Waals surface area contributed by atoms with Crippen LogP contribution in [0.5, 0.6) is 0 Å². The largest absolute Gasteiger partial charge is 0.298 e. The van der Waals surface area contributed by atoms with Crippen molar-refractivity contribution in [3.63, 3.8) is 0 Å². The first kappa shape index (κ1) is 11.6. The lowest BCUT2D eigenvalue weighted by molar-refractivity contribution is 0.103. The first-order valence-corrected chi connectivity index (χ1v) is 5.44. The van der Waals surface area contributed by atoms with Gasteiger partial charge in [-0.3, -0.25) is 9.59 Å². The van der Waals surface area contributed by atoms with E-state index in [2.05, 4.69) is 0 Å². The van der Waals surface area contributed by atoms with Crippen molar-refractivity contribution in [1.29, 1.82) is 0 Å². The van der Waals surface area contributed by atoms with Crippen molar-refractivity contribution in [2.24, 2.45) is 0 Å². The lowest BCUT2D eigenvalue weighted by atomic mass is 10.0. The van der Waals surface area contributed by atoms with Crippen LogP contribution >= 0.6 is 11.6 Å². The zero-order valence-electron chi connectivity index (χ0n) is 8.89. The molecule has 0 unspecified atom stereocenters. The van der Waals surface area contributed by atoms with E-state index in [4.69, 9.17) is 11.6 Å². The molecule has 2 aromatic carbocycles. The molecular formula is C14H9ClO2. The number of halogens is 1. The van der Waals surface area contributed by atoms with E-state index in [1.165, 1.54) is 0 Å². The van der Waals surface area contributed by atoms with Gasteiger partial charge < -0.3 is 0 Å². The molecule has 17 heavy (non-hydrogen) atoms. The molecule has 0 N–H and O–H groups in total. The van der Waals surface area contributed by atoms with E-state index >= 15 is 0 Å². The Labute approximate surface area is 104 Å². The number of hydrogen-bond donors (Lipinski definition) is 0. The van der Waals surface area contributed by atoms with Crippen LogP contribution < -0.4 is 0 Å². The van der Waals surface area contributed by atoms with Crippen molar-refractivity contribution < 1.29 is 9.59 Å². The number of benzene rings is 2. The van der Waals surface area contributed by atoms with Gasteiger partial charge in [0.2, 0.25) is 0 Å². The first-order valence-electron chi connectivity index (χ1n) is 5.07. The van der Waals surface area contributed by atoms with E-state index in [0.717, 1.165) is 6.29 Å². The van der Waals surface area contributed by atoms with Gasteiger partial charge in [-0.2, -0.15) is 0 Å². The number of carbonyl (C=O) groups excluding carboxylic acids is 2. The first-order chi connectivity index (χ1) is 8.22. The van der Waals surface area contributed by atoms with Crippen LogP contribution in [0.2, 0.25) is 5.02 Å². The maximum absolute atomic E-state index is 12.1. The summed E-state index contributed by atoms with van der Waals surface area (Å²) in [5.74, 6) is -0.145. The fourth-order valence-corrected chi connectivity index (χ4v) is 1.74. The van der Waals surface area contributed by atoms with Gasteiger partial charge in [-0.15, -0.1) is 0 Å². The van der Waals surface area contributed by atoms with E-state index in [1.54, 1.807) is 48.5 Å². The van der Waals surface area contributed by atoms with Crippen LogP contribution in [0.1, 0.15) is 26.3 Å².